The van der Waals surface area contributed by atoms with E-state index in [2.05, 4.69) is 9.98 Å². The lowest BCUT2D eigenvalue weighted by Crippen LogP contribution is -1.98. The van der Waals surface area contributed by atoms with Gasteiger partial charge in [0.25, 0.3) is 0 Å². The van der Waals surface area contributed by atoms with Gasteiger partial charge in [0.1, 0.15) is 5.75 Å². The van der Waals surface area contributed by atoms with Crippen LogP contribution in [0, 0.1) is 0 Å². The Balaban J connectivity index is 2.07. The highest BCUT2D eigenvalue weighted by atomic mass is 32.1. The molecule has 2 aliphatic rings. The largest absolute Gasteiger partial charge is 0.507 e. The van der Waals surface area contributed by atoms with E-state index >= 15 is 0 Å². The normalized spacial score (nSPS) is 16.0. The number of hydrogen-bond donors (Lipinski definition) is 2. The molecule has 0 saturated heterocycles. The van der Waals surface area contributed by atoms with Gasteiger partial charge in [-0.2, -0.15) is 0 Å². The Labute approximate surface area is 113 Å². The van der Waals surface area contributed by atoms with Crippen LogP contribution >= 0.6 is 12.2 Å². The van der Waals surface area contributed by atoms with Gasteiger partial charge in [-0.05, 0) is 18.3 Å². The molecule has 2 N–H and O–H groups in total. The predicted molar refractivity (Wildman–Crippen MR) is 73.5 cm³/mol. The van der Waals surface area contributed by atoms with E-state index in [1.54, 1.807) is 0 Å². The molecule has 0 spiro atoms. The van der Waals surface area contributed by atoms with Crippen molar-refractivity contribution in [2.75, 3.05) is 6.79 Å². The van der Waals surface area contributed by atoms with E-state index in [1.165, 1.54) is 24.6 Å². The lowest BCUT2D eigenvalue weighted by atomic mass is 10.1. The van der Waals surface area contributed by atoms with Crippen molar-refractivity contribution in [3.05, 3.63) is 17.2 Å². The Kier molecular flexibility index (Phi) is 2.68. The fourth-order valence-corrected chi connectivity index (χ4v) is 1.84. The molecule has 0 aromatic heterocycles. The average molecular weight is 276 g/mol. The van der Waals surface area contributed by atoms with Crippen molar-refractivity contribution in [1.82, 2.24) is 0 Å². The minimum Gasteiger partial charge on any atom is -0.507 e. The van der Waals surface area contributed by atoms with Crippen LogP contribution in [-0.2, 0) is 0 Å². The zero-order valence-electron chi connectivity index (χ0n) is 9.53. The van der Waals surface area contributed by atoms with Crippen molar-refractivity contribution in [3.63, 3.8) is 0 Å². The van der Waals surface area contributed by atoms with Gasteiger partial charge in [-0.25, -0.2) is 9.98 Å². The summed E-state index contributed by atoms with van der Waals surface area (Å²) in [5, 5.41) is 20.2. The number of phenolic OH excluding ortho intramolecular Hbond substituents is 2. The number of phenols is 2. The maximum absolute atomic E-state index is 10.0. The Morgan fingerprint density at radius 1 is 1.21 bits per heavy atom. The van der Waals surface area contributed by atoms with Gasteiger partial charge in [0, 0.05) is 24.1 Å². The molecule has 2 aliphatic heterocycles. The van der Waals surface area contributed by atoms with Crippen LogP contribution in [0.4, 0.5) is 0 Å². The number of thiocarbonyl (C=S) groups is 1. The first-order chi connectivity index (χ1) is 9.15. The summed E-state index contributed by atoms with van der Waals surface area (Å²) in [5.41, 5.74) is 0.808. The molecule has 3 rings (SSSR count). The highest BCUT2D eigenvalue weighted by molar-refractivity contribution is 7.80. The van der Waals surface area contributed by atoms with E-state index in [-0.39, 0.29) is 34.7 Å². The van der Waals surface area contributed by atoms with Gasteiger partial charge in [-0.15, -0.1) is 0 Å². The van der Waals surface area contributed by atoms with Crippen molar-refractivity contribution >= 4 is 35.8 Å². The lowest BCUT2D eigenvalue weighted by Gasteiger charge is -2.07. The van der Waals surface area contributed by atoms with Crippen LogP contribution in [0.1, 0.15) is 5.56 Å². The molecule has 0 amide bonds. The molecule has 1 aromatic rings. The Bertz CT molecular complexity index is 646. The summed E-state index contributed by atoms with van der Waals surface area (Å²) in [4.78, 5) is 7.72. The number of aliphatic imine (C=N–C) groups is 2. The number of benzene rings is 1. The van der Waals surface area contributed by atoms with Crippen molar-refractivity contribution in [2.45, 2.75) is 0 Å². The summed E-state index contributed by atoms with van der Waals surface area (Å²) < 4.78 is 10.2. The van der Waals surface area contributed by atoms with Gasteiger partial charge in [-0.3, -0.25) is 0 Å². The topological polar surface area (TPSA) is 83.6 Å². The summed E-state index contributed by atoms with van der Waals surface area (Å²) in [5.74, 6) is 0.216. The van der Waals surface area contributed by atoms with Crippen molar-refractivity contribution in [3.8, 4) is 23.0 Å². The quantitative estimate of drug-likeness (QED) is 0.762. The van der Waals surface area contributed by atoms with Crippen LogP contribution in [0.3, 0.4) is 0 Å². The molecule has 96 valence electrons. The molecule has 0 unspecified atom stereocenters. The third-order valence-electron chi connectivity index (χ3n) is 2.61. The highest BCUT2D eigenvalue weighted by Gasteiger charge is 2.23. The summed E-state index contributed by atoms with van der Waals surface area (Å²) in [6, 6.07) is 1.39. The van der Waals surface area contributed by atoms with Crippen LogP contribution in [-0.4, -0.2) is 34.5 Å². The first-order valence-corrected chi connectivity index (χ1v) is 5.74. The Morgan fingerprint density at radius 3 is 2.68 bits per heavy atom. The van der Waals surface area contributed by atoms with Gasteiger partial charge in [0.2, 0.25) is 17.7 Å². The molecule has 2 heterocycles. The number of ether oxygens (including phenoxy) is 2. The van der Waals surface area contributed by atoms with Crippen molar-refractivity contribution in [1.29, 1.82) is 0 Å². The molecule has 0 aliphatic carbocycles. The predicted octanol–water partition coefficient (Wildman–Crippen LogP) is 1.65. The highest BCUT2D eigenvalue weighted by Crippen LogP contribution is 2.47. The van der Waals surface area contributed by atoms with Gasteiger partial charge in [0.05, 0.1) is 5.56 Å². The molecular formula is C12H8N2O4S. The first kappa shape index (κ1) is 11.7. The molecule has 0 bridgehead atoms. The number of fused-ring (bicyclic) bond motifs is 1. The zero-order valence-corrected chi connectivity index (χ0v) is 10.3. The molecule has 0 radical (unpaired) electrons. The third kappa shape index (κ3) is 2.04. The van der Waals surface area contributed by atoms with E-state index in [1.807, 2.05) is 0 Å². The van der Waals surface area contributed by atoms with Crippen LogP contribution < -0.4 is 9.47 Å². The van der Waals surface area contributed by atoms with E-state index in [0.29, 0.717) is 11.3 Å². The second kappa shape index (κ2) is 4.36. The van der Waals surface area contributed by atoms with Gasteiger partial charge >= 0.3 is 0 Å². The zero-order chi connectivity index (χ0) is 13.4. The standard InChI is InChI=1S/C12H8N2O4S/c15-8-2-9-11(18-5-17-9)10(16)7(8)1-6-3-13-12(19)14-4-6/h1-4,15-16H,5H2. The molecule has 19 heavy (non-hydrogen) atoms. The molecule has 1 aromatic carbocycles. The summed E-state index contributed by atoms with van der Waals surface area (Å²) in [6.45, 7) is 0.0134. The summed E-state index contributed by atoms with van der Waals surface area (Å²) in [7, 11) is 0. The fourth-order valence-electron chi connectivity index (χ4n) is 1.74. The van der Waals surface area contributed by atoms with Gasteiger partial charge in [0.15, 0.2) is 11.5 Å². The van der Waals surface area contributed by atoms with Crippen LogP contribution in [0.25, 0.3) is 6.08 Å². The number of aromatic hydroxyl groups is 2. The van der Waals surface area contributed by atoms with Crippen LogP contribution in [0.15, 0.2) is 21.6 Å². The monoisotopic (exact) mass is 276 g/mol. The summed E-state index contributed by atoms with van der Waals surface area (Å²) in [6.07, 6.45) is 4.53. The molecule has 0 saturated carbocycles. The number of nitrogens with zero attached hydrogens (tertiary/aromatic N) is 2. The Hall–Kier alpha value is -2.41. The maximum Gasteiger partial charge on any atom is 0.231 e. The minimum absolute atomic E-state index is 0.0134. The van der Waals surface area contributed by atoms with Crippen LogP contribution in [0.2, 0.25) is 0 Å². The minimum atomic E-state index is -0.185. The van der Waals surface area contributed by atoms with Crippen molar-refractivity contribution in [2.24, 2.45) is 9.98 Å². The van der Waals surface area contributed by atoms with E-state index in [4.69, 9.17) is 21.7 Å². The number of allylic oxidation sites excluding steroid dienone is 1. The SMILES string of the molecule is Oc1cc2c(c(O)c1C=C1C=NC(=S)N=C1)OCO2. The van der Waals surface area contributed by atoms with Gasteiger partial charge < -0.3 is 19.7 Å². The van der Waals surface area contributed by atoms with Crippen molar-refractivity contribution < 1.29 is 19.7 Å². The second-order valence-corrected chi connectivity index (χ2v) is 4.20. The average Bonchev–Trinajstić information content (AvgIpc) is 2.85. The third-order valence-corrected chi connectivity index (χ3v) is 2.83. The van der Waals surface area contributed by atoms with Crippen LogP contribution in [0.5, 0.6) is 23.0 Å². The molecule has 0 fully saturated rings. The molecular weight excluding hydrogens is 268 g/mol. The lowest BCUT2D eigenvalue weighted by molar-refractivity contribution is 0.171. The van der Waals surface area contributed by atoms with Gasteiger partial charge in [-0.1, -0.05) is 0 Å². The summed E-state index contributed by atoms with van der Waals surface area (Å²) >= 11 is 4.78. The number of hydrogen-bond acceptors (Lipinski definition) is 5. The van der Waals surface area contributed by atoms with E-state index < -0.39 is 0 Å². The molecule has 7 heteroatoms. The molecule has 6 nitrogen and oxygen atoms in total. The maximum atomic E-state index is 10.0. The molecule has 0 atom stereocenters. The number of rotatable bonds is 1. The van der Waals surface area contributed by atoms with E-state index in [9.17, 15) is 10.2 Å². The smallest absolute Gasteiger partial charge is 0.231 e. The van der Waals surface area contributed by atoms with E-state index in [0.717, 1.165) is 0 Å². The second-order valence-electron chi connectivity index (χ2n) is 3.84. The Morgan fingerprint density at radius 2 is 1.95 bits per heavy atom. The first-order valence-electron chi connectivity index (χ1n) is 5.33. The fraction of sp³-hybridized carbons (Fsp3) is 0.0833.